The van der Waals surface area contributed by atoms with Crippen LogP contribution in [0.15, 0.2) is 11.0 Å². The van der Waals surface area contributed by atoms with E-state index in [1.807, 2.05) is 4.90 Å². The highest BCUT2D eigenvalue weighted by Gasteiger charge is 2.51. The van der Waals surface area contributed by atoms with E-state index in [-0.39, 0.29) is 29.0 Å². The number of carbonyl (C=O) groups excluding carboxylic acids is 2. The van der Waals surface area contributed by atoms with Gasteiger partial charge in [0.05, 0.1) is 20.3 Å². The number of hydrogen-bond donors (Lipinski definition) is 0. The number of carbonyl (C=O) groups is 2. The lowest BCUT2D eigenvalue weighted by Gasteiger charge is -2.36. The van der Waals surface area contributed by atoms with Gasteiger partial charge in [-0.05, 0) is 30.6 Å². The van der Waals surface area contributed by atoms with E-state index in [4.69, 9.17) is 9.47 Å². The van der Waals surface area contributed by atoms with Crippen molar-refractivity contribution in [2.75, 3.05) is 20.8 Å². The van der Waals surface area contributed by atoms with Crippen LogP contribution >= 0.6 is 0 Å². The van der Waals surface area contributed by atoms with E-state index in [1.54, 1.807) is 4.57 Å². The number of nitrogens with zero attached hydrogens (tertiary/aromatic N) is 2. The van der Waals surface area contributed by atoms with E-state index < -0.39 is 11.4 Å². The molecule has 3 heterocycles. The van der Waals surface area contributed by atoms with Gasteiger partial charge >= 0.3 is 5.97 Å². The minimum absolute atomic E-state index is 0.0745. The van der Waals surface area contributed by atoms with Crippen LogP contribution in [-0.2, 0) is 11.3 Å². The van der Waals surface area contributed by atoms with Gasteiger partial charge in [-0.25, -0.2) is 4.79 Å². The third-order valence-electron chi connectivity index (χ3n) is 6.01. The first kappa shape index (κ1) is 16.2. The molecule has 3 aliphatic rings. The van der Waals surface area contributed by atoms with Crippen LogP contribution in [0.25, 0.3) is 0 Å². The van der Waals surface area contributed by atoms with E-state index >= 15 is 0 Å². The molecule has 25 heavy (non-hydrogen) atoms. The summed E-state index contributed by atoms with van der Waals surface area (Å²) in [6, 6.07) is 0.118. The van der Waals surface area contributed by atoms with Crippen LogP contribution < -0.4 is 10.2 Å². The zero-order chi connectivity index (χ0) is 17.9. The summed E-state index contributed by atoms with van der Waals surface area (Å²) in [6.07, 6.45) is 3.67. The largest absolute Gasteiger partial charge is 0.491 e. The molecule has 4 atom stereocenters. The summed E-state index contributed by atoms with van der Waals surface area (Å²) in [4.78, 5) is 39.4. The summed E-state index contributed by atoms with van der Waals surface area (Å²) >= 11 is 0. The highest BCUT2D eigenvalue weighted by Crippen LogP contribution is 2.50. The second-order valence-electron chi connectivity index (χ2n) is 7.29. The monoisotopic (exact) mass is 346 g/mol. The molecule has 0 N–H and O–H groups in total. The number of methoxy groups -OCH3 is 2. The Morgan fingerprint density at radius 3 is 2.56 bits per heavy atom. The minimum atomic E-state index is -0.715. The fourth-order valence-corrected chi connectivity index (χ4v) is 4.60. The van der Waals surface area contributed by atoms with Gasteiger partial charge in [0.1, 0.15) is 5.56 Å². The molecule has 0 bridgehead atoms. The molecule has 1 saturated carbocycles. The average molecular weight is 346 g/mol. The molecule has 0 aromatic carbocycles. The maximum atomic E-state index is 13.0. The molecule has 7 heteroatoms. The predicted molar refractivity (Wildman–Crippen MR) is 88.8 cm³/mol. The molecule has 0 spiro atoms. The fraction of sp³-hybridized carbons (Fsp3) is 0.611. The summed E-state index contributed by atoms with van der Waals surface area (Å²) in [5, 5.41) is 0. The van der Waals surface area contributed by atoms with Crippen molar-refractivity contribution in [3.63, 3.8) is 0 Å². The second-order valence-corrected chi connectivity index (χ2v) is 7.29. The van der Waals surface area contributed by atoms with Crippen molar-refractivity contribution in [1.29, 1.82) is 0 Å². The minimum Gasteiger partial charge on any atom is -0.491 e. The van der Waals surface area contributed by atoms with Gasteiger partial charge in [-0.2, -0.15) is 0 Å². The second kappa shape index (κ2) is 5.61. The van der Waals surface area contributed by atoms with Gasteiger partial charge in [0.15, 0.2) is 11.4 Å². The number of hydrogen-bond acceptors (Lipinski definition) is 5. The zero-order valence-corrected chi connectivity index (χ0v) is 14.7. The van der Waals surface area contributed by atoms with Crippen LogP contribution in [0, 0.1) is 17.8 Å². The Balaban J connectivity index is 1.80. The zero-order valence-electron chi connectivity index (χ0n) is 14.7. The third kappa shape index (κ3) is 2.28. The van der Waals surface area contributed by atoms with Crippen LogP contribution in [0.1, 0.15) is 40.6 Å². The van der Waals surface area contributed by atoms with Crippen molar-refractivity contribution in [2.45, 2.75) is 32.4 Å². The van der Waals surface area contributed by atoms with Gasteiger partial charge in [-0.15, -0.1) is 0 Å². The van der Waals surface area contributed by atoms with E-state index in [0.717, 1.165) is 12.3 Å². The molecule has 1 aromatic heterocycles. The summed E-state index contributed by atoms with van der Waals surface area (Å²) in [7, 11) is 2.57. The molecule has 0 radical (unpaired) electrons. The van der Waals surface area contributed by atoms with E-state index in [9.17, 15) is 14.4 Å². The maximum absolute atomic E-state index is 13.0. The van der Waals surface area contributed by atoms with Crippen molar-refractivity contribution >= 4 is 11.9 Å². The molecule has 0 unspecified atom stereocenters. The number of aromatic nitrogens is 1. The summed E-state index contributed by atoms with van der Waals surface area (Å²) < 4.78 is 11.6. The molecular weight excluding hydrogens is 324 g/mol. The molecular formula is C18H22N2O5. The summed E-state index contributed by atoms with van der Waals surface area (Å²) in [5.74, 6) is 0.903. The molecule has 4 rings (SSSR count). The number of rotatable bonds is 3. The molecule has 134 valence electrons. The molecule has 7 nitrogen and oxygen atoms in total. The van der Waals surface area contributed by atoms with Gasteiger partial charge < -0.3 is 18.9 Å². The highest BCUT2D eigenvalue weighted by molar-refractivity contribution is 5.98. The Morgan fingerprint density at radius 1 is 1.24 bits per heavy atom. The number of esters is 1. The highest BCUT2D eigenvalue weighted by atomic mass is 16.5. The van der Waals surface area contributed by atoms with Crippen LogP contribution in [0.4, 0.5) is 0 Å². The molecule has 1 amide bonds. The Hall–Kier alpha value is -2.31. The van der Waals surface area contributed by atoms with E-state index in [0.29, 0.717) is 24.9 Å². The maximum Gasteiger partial charge on any atom is 0.343 e. The molecule has 2 fully saturated rings. The standard InChI is InChI=1S/C18H22N2O5/c1-9-6-11(9)10-4-5-20-13(10)8-19-7-12(18(23)25-3)15(21)16(24-2)14(19)17(20)22/h7,9-11,13H,4-6,8H2,1-3H3/t9-,10+,11+,13+/m0/s1. The van der Waals surface area contributed by atoms with Crippen molar-refractivity contribution in [3.8, 4) is 5.75 Å². The predicted octanol–water partition coefficient (Wildman–Crippen LogP) is 1.14. The lowest BCUT2D eigenvalue weighted by atomic mass is 9.92. The van der Waals surface area contributed by atoms with E-state index in [2.05, 4.69) is 6.92 Å². The van der Waals surface area contributed by atoms with Gasteiger partial charge in [0.2, 0.25) is 5.43 Å². The Morgan fingerprint density at radius 2 is 1.96 bits per heavy atom. The van der Waals surface area contributed by atoms with Gasteiger partial charge in [0, 0.05) is 19.3 Å². The van der Waals surface area contributed by atoms with Gasteiger partial charge in [0.25, 0.3) is 5.91 Å². The summed E-state index contributed by atoms with van der Waals surface area (Å²) in [6.45, 7) is 3.55. The number of amides is 1. The number of pyridine rings is 1. The van der Waals surface area contributed by atoms with Crippen LogP contribution in [0.5, 0.6) is 5.75 Å². The molecule has 1 saturated heterocycles. The molecule has 1 aromatic rings. The SMILES string of the molecule is COC(=O)c1cn2c(c(OC)c1=O)C(=O)N1CC[C@H]([C@@H]3C[C@@H]3C)[C@H]1C2. The fourth-order valence-electron chi connectivity index (χ4n) is 4.60. The Bertz CT molecular complexity index is 814. The first-order valence-corrected chi connectivity index (χ1v) is 8.68. The number of fused-ring (bicyclic) bond motifs is 2. The van der Waals surface area contributed by atoms with Crippen molar-refractivity contribution < 1.29 is 19.1 Å². The number of ether oxygens (including phenoxy) is 2. The van der Waals surface area contributed by atoms with Crippen molar-refractivity contribution in [3.05, 3.63) is 27.7 Å². The van der Waals surface area contributed by atoms with Crippen LogP contribution in [0.3, 0.4) is 0 Å². The third-order valence-corrected chi connectivity index (χ3v) is 6.01. The summed E-state index contributed by atoms with van der Waals surface area (Å²) in [5.41, 5.74) is -0.460. The lowest BCUT2D eigenvalue weighted by molar-refractivity contribution is 0.0580. The molecule has 2 aliphatic heterocycles. The van der Waals surface area contributed by atoms with Crippen molar-refractivity contribution in [2.24, 2.45) is 17.8 Å². The van der Waals surface area contributed by atoms with Gasteiger partial charge in [-0.1, -0.05) is 6.92 Å². The first-order valence-electron chi connectivity index (χ1n) is 8.68. The first-order chi connectivity index (χ1) is 12.0. The van der Waals surface area contributed by atoms with Crippen LogP contribution in [-0.4, -0.2) is 48.1 Å². The van der Waals surface area contributed by atoms with Gasteiger partial charge in [-0.3, -0.25) is 9.59 Å². The normalized spacial score (nSPS) is 29.9. The Labute approximate surface area is 145 Å². The average Bonchev–Trinajstić information content (AvgIpc) is 3.17. The van der Waals surface area contributed by atoms with Crippen LogP contribution in [0.2, 0.25) is 0 Å². The van der Waals surface area contributed by atoms with Crippen molar-refractivity contribution in [1.82, 2.24) is 9.47 Å². The lowest BCUT2D eigenvalue weighted by Crippen LogP contribution is -2.48. The topological polar surface area (TPSA) is 77.8 Å². The quantitative estimate of drug-likeness (QED) is 0.767. The Kier molecular flexibility index (Phi) is 3.63. The smallest absolute Gasteiger partial charge is 0.343 e. The van der Waals surface area contributed by atoms with E-state index in [1.165, 1.54) is 26.8 Å². The molecule has 1 aliphatic carbocycles.